The van der Waals surface area contributed by atoms with Gasteiger partial charge in [0.15, 0.2) is 0 Å². The van der Waals surface area contributed by atoms with Crippen molar-refractivity contribution in [2.75, 3.05) is 0 Å². The Labute approximate surface area is 120 Å². The van der Waals surface area contributed by atoms with Crippen molar-refractivity contribution in [3.05, 3.63) is 59.1 Å². The summed E-state index contributed by atoms with van der Waals surface area (Å²) in [6.07, 6.45) is 0. The van der Waals surface area contributed by atoms with Crippen molar-refractivity contribution in [2.24, 2.45) is 0 Å². The molecule has 2 nitrogen and oxygen atoms in total. The second-order valence-corrected chi connectivity index (χ2v) is 6.75. The van der Waals surface area contributed by atoms with Crippen LogP contribution >= 0.6 is 15.9 Å². The van der Waals surface area contributed by atoms with Gasteiger partial charge in [-0.15, -0.1) is 0 Å². The van der Waals surface area contributed by atoms with E-state index < -0.39 is 0 Å². The minimum atomic E-state index is 0.190. The summed E-state index contributed by atoms with van der Waals surface area (Å²) >= 11 is 3.63. The van der Waals surface area contributed by atoms with Crippen LogP contribution in [0.2, 0.25) is 0 Å². The van der Waals surface area contributed by atoms with Crippen LogP contribution in [-0.4, -0.2) is 24.7 Å². The molecule has 0 atom stereocenters. The van der Waals surface area contributed by atoms with Crippen molar-refractivity contribution in [3.8, 4) is 20.3 Å². The standard InChI is InChI=1S/C14H9BrN2Se/c15-12-8-6-11(7-9-12)14-17-16-13(18-14)10-4-2-1-3-5-10/h1-9H. The molecule has 3 rings (SSSR count). The number of nitrogens with zero attached hydrogens (tertiary/aromatic N) is 2. The van der Waals surface area contributed by atoms with Crippen LogP contribution in [0.15, 0.2) is 59.1 Å². The van der Waals surface area contributed by atoms with E-state index in [1.54, 1.807) is 0 Å². The van der Waals surface area contributed by atoms with E-state index in [2.05, 4.69) is 50.4 Å². The molecule has 1 aromatic heterocycles. The van der Waals surface area contributed by atoms with Crippen molar-refractivity contribution in [1.82, 2.24) is 10.2 Å². The molecule has 3 aromatic rings. The molecule has 0 unspecified atom stereocenters. The van der Waals surface area contributed by atoms with Crippen molar-refractivity contribution >= 4 is 30.4 Å². The molecule has 0 aliphatic carbocycles. The van der Waals surface area contributed by atoms with Gasteiger partial charge in [-0.25, -0.2) is 0 Å². The summed E-state index contributed by atoms with van der Waals surface area (Å²) in [6, 6.07) is 18.5. The van der Waals surface area contributed by atoms with Gasteiger partial charge in [0.05, 0.1) is 0 Å². The first-order valence-corrected chi connectivity index (χ1v) is 7.98. The maximum atomic E-state index is 4.31. The molecule has 18 heavy (non-hydrogen) atoms. The Balaban J connectivity index is 1.97. The van der Waals surface area contributed by atoms with E-state index >= 15 is 0 Å². The third-order valence-corrected chi connectivity index (χ3v) is 5.21. The van der Waals surface area contributed by atoms with Gasteiger partial charge < -0.3 is 0 Å². The van der Waals surface area contributed by atoms with E-state index in [4.69, 9.17) is 0 Å². The zero-order chi connectivity index (χ0) is 12.4. The molecule has 0 aliphatic rings. The van der Waals surface area contributed by atoms with Crippen molar-refractivity contribution in [1.29, 1.82) is 0 Å². The molecule has 0 saturated carbocycles. The average Bonchev–Trinajstić information content (AvgIpc) is 2.90. The number of hydrogen-bond acceptors (Lipinski definition) is 2. The SMILES string of the molecule is Brc1ccc(-c2nnc(-c3ccccc3)[se]2)cc1. The fourth-order valence-electron chi connectivity index (χ4n) is 1.63. The Kier molecular flexibility index (Phi) is 3.41. The van der Waals surface area contributed by atoms with Gasteiger partial charge in [-0.2, -0.15) is 0 Å². The molecule has 0 radical (unpaired) electrons. The summed E-state index contributed by atoms with van der Waals surface area (Å²) in [4.78, 5) is 0. The van der Waals surface area contributed by atoms with Gasteiger partial charge >= 0.3 is 120 Å². The van der Waals surface area contributed by atoms with E-state index in [9.17, 15) is 0 Å². The van der Waals surface area contributed by atoms with Gasteiger partial charge in [0.25, 0.3) is 0 Å². The van der Waals surface area contributed by atoms with Crippen molar-refractivity contribution < 1.29 is 0 Å². The molecule has 0 saturated heterocycles. The number of rotatable bonds is 2. The predicted molar refractivity (Wildman–Crippen MR) is 77.5 cm³/mol. The number of halogens is 1. The molecular weight excluding hydrogens is 355 g/mol. The van der Waals surface area contributed by atoms with E-state index in [-0.39, 0.29) is 14.5 Å². The Bertz CT molecular complexity index is 647. The maximum absolute atomic E-state index is 4.31. The van der Waals surface area contributed by atoms with Crippen LogP contribution in [0, 0.1) is 0 Å². The first kappa shape index (κ1) is 11.8. The fraction of sp³-hybridized carbons (Fsp3) is 0. The first-order valence-electron chi connectivity index (χ1n) is 5.48. The van der Waals surface area contributed by atoms with Gasteiger partial charge in [0.1, 0.15) is 0 Å². The van der Waals surface area contributed by atoms with Crippen LogP contribution in [0.25, 0.3) is 20.3 Å². The summed E-state index contributed by atoms with van der Waals surface area (Å²) in [5.74, 6) is 0. The molecule has 0 fully saturated rings. The van der Waals surface area contributed by atoms with E-state index in [0.29, 0.717) is 0 Å². The van der Waals surface area contributed by atoms with Crippen molar-refractivity contribution in [3.63, 3.8) is 0 Å². The average molecular weight is 364 g/mol. The summed E-state index contributed by atoms with van der Waals surface area (Å²) in [5.41, 5.74) is 2.33. The summed E-state index contributed by atoms with van der Waals surface area (Å²) in [7, 11) is 0. The van der Waals surface area contributed by atoms with Crippen LogP contribution in [0.3, 0.4) is 0 Å². The Morgan fingerprint density at radius 1 is 0.722 bits per heavy atom. The van der Waals surface area contributed by atoms with Gasteiger partial charge in [0.2, 0.25) is 0 Å². The van der Waals surface area contributed by atoms with Gasteiger partial charge in [-0.1, -0.05) is 0 Å². The molecule has 88 valence electrons. The monoisotopic (exact) mass is 364 g/mol. The molecule has 2 aromatic carbocycles. The van der Waals surface area contributed by atoms with E-state index in [1.165, 1.54) is 5.56 Å². The summed E-state index contributed by atoms with van der Waals surface area (Å²) < 4.78 is 3.27. The van der Waals surface area contributed by atoms with Crippen LogP contribution in [-0.2, 0) is 0 Å². The second kappa shape index (κ2) is 5.19. The van der Waals surface area contributed by atoms with Gasteiger partial charge in [-0.3, -0.25) is 0 Å². The molecule has 0 aliphatic heterocycles. The molecular formula is C14H9BrN2Se. The summed E-state index contributed by atoms with van der Waals surface area (Å²) in [5, 5.41) is 8.62. The van der Waals surface area contributed by atoms with Gasteiger partial charge in [-0.05, 0) is 0 Å². The normalized spacial score (nSPS) is 10.5. The predicted octanol–water partition coefficient (Wildman–Crippen LogP) is 3.63. The topological polar surface area (TPSA) is 25.8 Å². The van der Waals surface area contributed by atoms with Crippen LogP contribution in [0.5, 0.6) is 0 Å². The van der Waals surface area contributed by atoms with Crippen molar-refractivity contribution in [2.45, 2.75) is 0 Å². The Hall–Kier alpha value is -1.22. The fourth-order valence-corrected chi connectivity index (χ4v) is 3.69. The van der Waals surface area contributed by atoms with Crippen LogP contribution in [0.4, 0.5) is 0 Å². The molecule has 0 spiro atoms. The van der Waals surface area contributed by atoms with E-state index in [1.807, 2.05) is 30.3 Å². The minimum absolute atomic E-state index is 0.190. The van der Waals surface area contributed by atoms with E-state index in [0.717, 1.165) is 19.2 Å². The zero-order valence-corrected chi connectivity index (χ0v) is 12.7. The third kappa shape index (κ3) is 2.46. The van der Waals surface area contributed by atoms with Crippen LogP contribution in [0.1, 0.15) is 0 Å². The third-order valence-electron chi connectivity index (χ3n) is 2.54. The second-order valence-electron chi connectivity index (χ2n) is 3.79. The van der Waals surface area contributed by atoms with Crippen LogP contribution < -0.4 is 0 Å². The Morgan fingerprint density at radius 2 is 1.28 bits per heavy atom. The Morgan fingerprint density at radius 3 is 1.89 bits per heavy atom. The first-order chi connectivity index (χ1) is 8.83. The molecule has 0 N–H and O–H groups in total. The number of aromatic nitrogens is 2. The molecule has 1 heterocycles. The molecule has 4 heteroatoms. The quantitative estimate of drug-likeness (QED) is 0.649. The molecule has 0 bridgehead atoms. The summed E-state index contributed by atoms with van der Waals surface area (Å²) in [6.45, 7) is 0. The number of hydrogen-bond donors (Lipinski definition) is 0. The molecule has 0 amide bonds. The zero-order valence-electron chi connectivity index (χ0n) is 9.38. The van der Waals surface area contributed by atoms with Gasteiger partial charge in [0, 0.05) is 0 Å². The number of benzene rings is 2.